The molecule has 0 aromatic heterocycles. The van der Waals surface area contributed by atoms with Crippen LogP contribution < -0.4 is 0 Å². The Hall–Kier alpha value is -1.19. The highest BCUT2D eigenvalue weighted by Gasteiger charge is 2.13. The number of Topliss-reactive ketones (excluding diaryl/α,β-unsaturated/α-hetero) is 1. The van der Waals surface area contributed by atoms with Crippen LogP contribution in [0.15, 0.2) is 30.3 Å². The molecule has 0 aliphatic rings. The molecule has 1 aromatic carbocycles. The number of hydrogen-bond acceptors (Lipinski definition) is 3. The van der Waals surface area contributed by atoms with Crippen molar-refractivity contribution in [2.24, 2.45) is 0 Å². The van der Waals surface area contributed by atoms with E-state index in [0.29, 0.717) is 31.7 Å². The molecule has 1 N–H and O–H groups in total. The predicted molar refractivity (Wildman–Crippen MR) is 76.0 cm³/mol. The maximum atomic E-state index is 11.7. The van der Waals surface area contributed by atoms with Gasteiger partial charge in [-0.2, -0.15) is 0 Å². The number of ether oxygens (including phenoxy) is 1. The largest absolute Gasteiger partial charge is 0.394 e. The van der Waals surface area contributed by atoms with Gasteiger partial charge in [0.15, 0.2) is 0 Å². The summed E-state index contributed by atoms with van der Waals surface area (Å²) >= 11 is 0. The first kappa shape index (κ1) is 15.9. The second kappa shape index (κ2) is 9.70. The predicted octanol–water partition coefficient (Wildman–Crippen LogP) is 3.28. The van der Waals surface area contributed by atoms with Crippen LogP contribution in [0.25, 0.3) is 0 Å². The number of carbonyl (C=O) groups excluding carboxylic acids is 1. The van der Waals surface area contributed by atoms with E-state index in [1.165, 1.54) is 0 Å². The van der Waals surface area contributed by atoms with Gasteiger partial charge < -0.3 is 9.84 Å². The molecule has 0 fully saturated rings. The quantitative estimate of drug-likeness (QED) is 0.705. The second-order valence-electron chi connectivity index (χ2n) is 4.67. The highest BCUT2D eigenvalue weighted by Crippen LogP contribution is 2.23. The lowest BCUT2D eigenvalue weighted by Gasteiger charge is -2.17. The summed E-state index contributed by atoms with van der Waals surface area (Å²) < 4.78 is 5.63. The number of rotatable bonds is 10. The summed E-state index contributed by atoms with van der Waals surface area (Å²) in [4.78, 5) is 11.7. The van der Waals surface area contributed by atoms with Gasteiger partial charge in [-0.15, -0.1) is 0 Å². The normalized spacial score (nSPS) is 12.3. The maximum Gasteiger partial charge on any atom is 0.133 e. The van der Waals surface area contributed by atoms with Gasteiger partial charge in [0.05, 0.1) is 19.3 Å². The summed E-state index contributed by atoms with van der Waals surface area (Å²) in [6, 6.07) is 9.88. The monoisotopic (exact) mass is 264 g/mol. The van der Waals surface area contributed by atoms with E-state index in [-0.39, 0.29) is 12.7 Å². The molecule has 19 heavy (non-hydrogen) atoms. The highest BCUT2D eigenvalue weighted by atomic mass is 16.5. The Morgan fingerprint density at radius 1 is 1.26 bits per heavy atom. The number of aliphatic hydroxyl groups is 1. The number of unbranched alkanes of at least 4 members (excludes halogenated alkanes) is 1. The smallest absolute Gasteiger partial charge is 0.133 e. The van der Waals surface area contributed by atoms with Gasteiger partial charge in [0, 0.05) is 12.8 Å². The van der Waals surface area contributed by atoms with Crippen molar-refractivity contribution >= 4 is 5.78 Å². The van der Waals surface area contributed by atoms with Crippen LogP contribution in [0.2, 0.25) is 0 Å². The van der Waals surface area contributed by atoms with Gasteiger partial charge in [-0.05, 0) is 18.4 Å². The van der Waals surface area contributed by atoms with Crippen molar-refractivity contribution in [1.82, 2.24) is 0 Å². The van der Waals surface area contributed by atoms with Gasteiger partial charge in [-0.25, -0.2) is 0 Å². The molecule has 0 amide bonds. The summed E-state index contributed by atoms with van der Waals surface area (Å²) in [5.41, 5.74) is 1.07. The molecule has 3 heteroatoms. The van der Waals surface area contributed by atoms with Gasteiger partial charge >= 0.3 is 0 Å². The van der Waals surface area contributed by atoms with E-state index in [0.717, 1.165) is 18.4 Å². The van der Waals surface area contributed by atoms with Crippen LogP contribution in [0.1, 0.15) is 50.7 Å². The Kier molecular flexibility index (Phi) is 8.10. The zero-order chi connectivity index (χ0) is 13.9. The SMILES string of the molecule is CCCCC(=O)CCC(OCCO)c1ccccc1. The van der Waals surface area contributed by atoms with Gasteiger partial charge in [0.25, 0.3) is 0 Å². The first-order valence-corrected chi connectivity index (χ1v) is 7.07. The molecule has 1 aromatic rings. The van der Waals surface area contributed by atoms with E-state index in [4.69, 9.17) is 9.84 Å². The third-order valence-electron chi connectivity index (χ3n) is 3.08. The Balaban J connectivity index is 2.48. The average molecular weight is 264 g/mol. The summed E-state index contributed by atoms with van der Waals surface area (Å²) in [7, 11) is 0. The van der Waals surface area contributed by atoms with Crippen molar-refractivity contribution in [2.45, 2.75) is 45.1 Å². The van der Waals surface area contributed by atoms with Crippen LogP contribution in [0, 0.1) is 0 Å². The second-order valence-corrected chi connectivity index (χ2v) is 4.67. The zero-order valence-corrected chi connectivity index (χ0v) is 11.7. The van der Waals surface area contributed by atoms with Crippen LogP contribution in [0.3, 0.4) is 0 Å². The van der Waals surface area contributed by atoms with Crippen molar-refractivity contribution in [2.75, 3.05) is 13.2 Å². The Morgan fingerprint density at radius 2 is 2.00 bits per heavy atom. The van der Waals surface area contributed by atoms with Crippen LogP contribution in [0.4, 0.5) is 0 Å². The lowest BCUT2D eigenvalue weighted by molar-refractivity contribution is -0.120. The molecular weight excluding hydrogens is 240 g/mol. The van der Waals surface area contributed by atoms with Crippen LogP contribution >= 0.6 is 0 Å². The minimum absolute atomic E-state index is 0.00706. The topological polar surface area (TPSA) is 46.5 Å². The maximum absolute atomic E-state index is 11.7. The molecule has 0 heterocycles. The molecule has 0 aliphatic heterocycles. The zero-order valence-electron chi connectivity index (χ0n) is 11.7. The average Bonchev–Trinajstić information content (AvgIpc) is 2.46. The number of aliphatic hydroxyl groups excluding tert-OH is 1. The molecule has 3 nitrogen and oxygen atoms in total. The summed E-state index contributed by atoms with van der Waals surface area (Å²) in [5.74, 6) is 0.301. The fourth-order valence-corrected chi connectivity index (χ4v) is 2.00. The van der Waals surface area contributed by atoms with E-state index in [1.807, 2.05) is 30.3 Å². The summed E-state index contributed by atoms with van der Waals surface area (Å²) in [6.07, 6.45) is 3.82. The van der Waals surface area contributed by atoms with Crippen LogP contribution in [-0.2, 0) is 9.53 Å². The van der Waals surface area contributed by atoms with Crippen molar-refractivity contribution in [3.8, 4) is 0 Å². The minimum Gasteiger partial charge on any atom is -0.394 e. The van der Waals surface area contributed by atoms with Gasteiger partial charge in [-0.1, -0.05) is 43.7 Å². The van der Waals surface area contributed by atoms with Crippen molar-refractivity contribution < 1.29 is 14.6 Å². The number of carbonyl (C=O) groups is 1. The first-order chi connectivity index (χ1) is 9.27. The van der Waals surface area contributed by atoms with Gasteiger partial charge in [0.1, 0.15) is 5.78 Å². The molecular formula is C16H24O3. The number of ketones is 1. The third-order valence-corrected chi connectivity index (χ3v) is 3.08. The van der Waals surface area contributed by atoms with E-state index in [1.54, 1.807) is 0 Å². The Morgan fingerprint density at radius 3 is 2.63 bits per heavy atom. The minimum atomic E-state index is -0.0982. The highest BCUT2D eigenvalue weighted by molar-refractivity contribution is 5.78. The Bertz CT molecular complexity index is 348. The van der Waals surface area contributed by atoms with Crippen LogP contribution in [-0.4, -0.2) is 24.1 Å². The van der Waals surface area contributed by atoms with E-state index < -0.39 is 0 Å². The van der Waals surface area contributed by atoms with Crippen LogP contribution in [0.5, 0.6) is 0 Å². The lowest BCUT2D eigenvalue weighted by Crippen LogP contribution is -2.10. The summed E-state index contributed by atoms with van der Waals surface area (Å²) in [5, 5.41) is 8.86. The molecule has 0 bridgehead atoms. The van der Waals surface area contributed by atoms with E-state index in [2.05, 4.69) is 6.92 Å². The molecule has 0 spiro atoms. The fourth-order valence-electron chi connectivity index (χ4n) is 2.00. The molecule has 0 aliphatic carbocycles. The molecule has 106 valence electrons. The molecule has 1 rings (SSSR count). The summed E-state index contributed by atoms with van der Waals surface area (Å²) in [6.45, 7) is 2.40. The molecule has 1 unspecified atom stereocenters. The first-order valence-electron chi connectivity index (χ1n) is 7.07. The lowest BCUT2D eigenvalue weighted by atomic mass is 10.0. The standard InChI is InChI=1S/C16H24O3/c1-2-3-9-15(18)10-11-16(19-13-12-17)14-7-5-4-6-8-14/h4-8,16-17H,2-3,9-13H2,1H3. The number of hydrogen-bond donors (Lipinski definition) is 1. The number of benzene rings is 1. The van der Waals surface area contributed by atoms with Crippen molar-refractivity contribution in [1.29, 1.82) is 0 Å². The van der Waals surface area contributed by atoms with Gasteiger partial charge in [0.2, 0.25) is 0 Å². The van der Waals surface area contributed by atoms with Gasteiger partial charge in [-0.3, -0.25) is 4.79 Å². The van der Waals surface area contributed by atoms with Crippen molar-refractivity contribution in [3.63, 3.8) is 0 Å². The molecule has 0 saturated heterocycles. The van der Waals surface area contributed by atoms with Crippen molar-refractivity contribution in [3.05, 3.63) is 35.9 Å². The Labute approximate surface area is 115 Å². The molecule has 1 atom stereocenters. The third kappa shape index (κ3) is 6.50. The molecule has 0 radical (unpaired) electrons. The molecule has 0 saturated carbocycles. The van der Waals surface area contributed by atoms with E-state index in [9.17, 15) is 4.79 Å². The van der Waals surface area contributed by atoms with E-state index >= 15 is 0 Å². The fraction of sp³-hybridized carbons (Fsp3) is 0.562.